The first-order valence-corrected chi connectivity index (χ1v) is 8.45. The maximum atomic E-state index is 12.2. The van der Waals surface area contributed by atoms with Gasteiger partial charge >= 0.3 is 0 Å². The molecule has 6 heteroatoms. The second-order valence-corrected chi connectivity index (χ2v) is 6.88. The van der Waals surface area contributed by atoms with Gasteiger partial charge in [0.1, 0.15) is 0 Å². The fourth-order valence-electron chi connectivity index (χ4n) is 2.39. The number of hydrogen-bond donors (Lipinski definition) is 2. The molecule has 2 rings (SSSR count). The molecule has 1 aromatic rings. The van der Waals surface area contributed by atoms with E-state index in [2.05, 4.69) is 4.72 Å². The summed E-state index contributed by atoms with van der Waals surface area (Å²) in [4.78, 5) is 0.252. The third-order valence-electron chi connectivity index (χ3n) is 3.65. The average molecular weight is 298 g/mol. The fraction of sp³-hybridized carbons (Fsp3) is 0.571. The van der Waals surface area contributed by atoms with Gasteiger partial charge in [0, 0.05) is 18.8 Å². The third-order valence-corrected chi connectivity index (χ3v) is 5.25. The number of hydrogen-bond acceptors (Lipinski definition) is 4. The van der Waals surface area contributed by atoms with Crippen molar-refractivity contribution in [3.8, 4) is 0 Å². The Bertz CT molecular complexity index is 552. The van der Waals surface area contributed by atoms with Crippen molar-refractivity contribution >= 4 is 15.7 Å². The summed E-state index contributed by atoms with van der Waals surface area (Å²) < 4.78 is 32.7. The van der Waals surface area contributed by atoms with Crippen molar-refractivity contribution in [2.75, 3.05) is 18.9 Å². The Morgan fingerprint density at radius 1 is 1.40 bits per heavy atom. The van der Waals surface area contributed by atoms with Crippen LogP contribution in [0, 0.1) is 6.92 Å². The number of benzene rings is 1. The number of sulfonamides is 1. The Morgan fingerprint density at radius 3 is 2.90 bits per heavy atom. The van der Waals surface area contributed by atoms with Crippen molar-refractivity contribution in [3.63, 3.8) is 0 Å². The van der Waals surface area contributed by atoms with E-state index < -0.39 is 10.0 Å². The smallest absolute Gasteiger partial charge is 0.240 e. The van der Waals surface area contributed by atoms with Crippen LogP contribution in [0.5, 0.6) is 0 Å². The van der Waals surface area contributed by atoms with Crippen LogP contribution in [-0.4, -0.2) is 27.7 Å². The first-order valence-electron chi connectivity index (χ1n) is 6.97. The minimum absolute atomic E-state index is 0.174. The van der Waals surface area contributed by atoms with Gasteiger partial charge in [-0.1, -0.05) is 6.07 Å². The summed E-state index contributed by atoms with van der Waals surface area (Å²) >= 11 is 0. The van der Waals surface area contributed by atoms with E-state index >= 15 is 0 Å². The number of rotatable bonds is 5. The lowest BCUT2D eigenvalue weighted by Crippen LogP contribution is -2.30. The van der Waals surface area contributed by atoms with Crippen LogP contribution in [0.2, 0.25) is 0 Å². The Kier molecular flexibility index (Phi) is 5.01. The van der Waals surface area contributed by atoms with Gasteiger partial charge in [0.2, 0.25) is 10.0 Å². The SMILES string of the molecule is Cc1c(N)cccc1S(=O)(=O)NCCC1CCCCO1. The molecule has 0 radical (unpaired) electrons. The lowest BCUT2D eigenvalue weighted by Gasteiger charge is -2.22. The van der Waals surface area contributed by atoms with E-state index in [1.54, 1.807) is 25.1 Å². The van der Waals surface area contributed by atoms with Crippen LogP contribution < -0.4 is 10.5 Å². The number of nitrogen functional groups attached to an aromatic ring is 1. The Balaban J connectivity index is 1.95. The van der Waals surface area contributed by atoms with Crippen LogP contribution in [-0.2, 0) is 14.8 Å². The molecular weight excluding hydrogens is 276 g/mol. The summed E-state index contributed by atoms with van der Waals surface area (Å²) in [5, 5.41) is 0. The van der Waals surface area contributed by atoms with Gasteiger partial charge in [-0.3, -0.25) is 0 Å². The van der Waals surface area contributed by atoms with E-state index in [-0.39, 0.29) is 11.0 Å². The summed E-state index contributed by atoms with van der Waals surface area (Å²) in [6, 6.07) is 4.93. The summed E-state index contributed by atoms with van der Waals surface area (Å²) in [6.07, 6.45) is 4.16. The molecular formula is C14H22N2O3S. The zero-order valence-corrected chi connectivity index (χ0v) is 12.6. The molecule has 1 atom stereocenters. The summed E-state index contributed by atoms with van der Waals surface area (Å²) in [6.45, 7) is 2.89. The van der Waals surface area contributed by atoms with Crippen LogP contribution in [0.1, 0.15) is 31.2 Å². The molecule has 5 nitrogen and oxygen atoms in total. The second kappa shape index (κ2) is 6.56. The molecule has 0 spiro atoms. The second-order valence-electron chi connectivity index (χ2n) is 5.15. The Hall–Kier alpha value is -1.11. The molecule has 1 aliphatic rings. The molecule has 1 saturated heterocycles. The van der Waals surface area contributed by atoms with Gasteiger partial charge in [0.05, 0.1) is 11.0 Å². The average Bonchev–Trinajstić information content (AvgIpc) is 2.42. The highest BCUT2D eigenvalue weighted by molar-refractivity contribution is 7.89. The minimum Gasteiger partial charge on any atom is -0.398 e. The van der Waals surface area contributed by atoms with Gasteiger partial charge in [-0.05, 0) is 50.3 Å². The van der Waals surface area contributed by atoms with E-state index in [0.29, 0.717) is 24.2 Å². The van der Waals surface area contributed by atoms with Crippen molar-refractivity contribution in [1.29, 1.82) is 0 Å². The zero-order valence-electron chi connectivity index (χ0n) is 11.8. The van der Waals surface area contributed by atoms with Gasteiger partial charge in [0.25, 0.3) is 0 Å². The molecule has 1 aromatic carbocycles. The Morgan fingerprint density at radius 2 is 2.20 bits per heavy atom. The highest BCUT2D eigenvalue weighted by Gasteiger charge is 2.19. The van der Waals surface area contributed by atoms with Gasteiger partial charge < -0.3 is 10.5 Å². The predicted octanol–water partition coefficient (Wildman–Crippen LogP) is 1.81. The van der Waals surface area contributed by atoms with Crippen molar-refractivity contribution in [2.45, 2.75) is 43.6 Å². The number of anilines is 1. The summed E-state index contributed by atoms with van der Waals surface area (Å²) in [5.74, 6) is 0. The van der Waals surface area contributed by atoms with Gasteiger partial charge in [-0.25, -0.2) is 13.1 Å². The number of nitrogens with two attached hydrogens (primary N) is 1. The van der Waals surface area contributed by atoms with Crippen molar-refractivity contribution in [2.24, 2.45) is 0 Å². The molecule has 20 heavy (non-hydrogen) atoms. The van der Waals surface area contributed by atoms with E-state index in [0.717, 1.165) is 25.9 Å². The van der Waals surface area contributed by atoms with Crippen LogP contribution in [0.15, 0.2) is 23.1 Å². The largest absolute Gasteiger partial charge is 0.398 e. The van der Waals surface area contributed by atoms with Gasteiger partial charge in [-0.15, -0.1) is 0 Å². The highest BCUT2D eigenvalue weighted by Crippen LogP contribution is 2.20. The molecule has 0 amide bonds. The quantitative estimate of drug-likeness (QED) is 0.812. The Labute approximate surface area is 120 Å². The van der Waals surface area contributed by atoms with E-state index in [1.807, 2.05) is 0 Å². The molecule has 1 fully saturated rings. The summed E-state index contributed by atoms with van der Waals surface area (Å²) in [5.41, 5.74) is 6.83. The van der Waals surface area contributed by atoms with E-state index in [4.69, 9.17) is 10.5 Å². The lowest BCUT2D eigenvalue weighted by atomic mass is 10.1. The molecule has 0 saturated carbocycles. The van der Waals surface area contributed by atoms with E-state index in [9.17, 15) is 8.42 Å². The summed E-state index contributed by atoms with van der Waals surface area (Å²) in [7, 11) is -3.50. The standard InChI is InChI=1S/C14H22N2O3S/c1-11-13(15)6-4-7-14(11)20(17,18)16-9-8-12-5-2-3-10-19-12/h4,6-7,12,16H,2-3,5,8-10,15H2,1H3. The van der Waals surface area contributed by atoms with Crippen LogP contribution >= 0.6 is 0 Å². The first-order chi connectivity index (χ1) is 9.50. The normalized spacial score (nSPS) is 19.9. The van der Waals surface area contributed by atoms with Crippen molar-refractivity contribution < 1.29 is 13.2 Å². The van der Waals surface area contributed by atoms with Crippen LogP contribution in [0.4, 0.5) is 5.69 Å². The maximum absolute atomic E-state index is 12.2. The lowest BCUT2D eigenvalue weighted by molar-refractivity contribution is 0.0123. The highest BCUT2D eigenvalue weighted by atomic mass is 32.2. The molecule has 1 unspecified atom stereocenters. The van der Waals surface area contributed by atoms with E-state index in [1.165, 1.54) is 0 Å². The fourth-order valence-corrected chi connectivity index (χ4v) is 3.71. The third kappa shape index (κ3) is 3.71. The molecule has 0 aromatic heterocycles. The molecule has 3 N–H and O–H groups in total. The molecule has 0 bridgehead atoms. The van der Waals surface area contributed by atoms with Crippen molar-refractivity contribution in [3.05, 3.63) is 23.8 Å². The number of ether oxygens (including phenoxy) is 1. The van der Waals surface area contributed by atoms with Gasteiger partial charge in [-0.2, -0.15) is 0 Å². The monoisotopic (exact) mass is 298 g/mol. The predicted molar refractivity (Wildman–Crippen MR) is 79.0 cm³/mol. The molecule has 1 aliphatic heterocycles. The molecule has 112 valence electrons. The topological polar surface area (TPSA) is 81.4 Å². The van der Waals surface area contributed by atoms with Crippen LogP contribution in [0.25, 0.3) is 0 Å². The molecule has 1 heterocycles. The molecule has 0 aliphatic carbocycles. The minimum atomic E-state index is -3.50. The van der Waals surface area contributed by atoms with Gasteiger partial charge in [0.15, 0.2) is 0 Å². The maximum Gasteiger partial charge on any atom is 0.240 e. The number of nitrogens with one attached hydrogen (secondary N) is 1. The zero-order chi connectivity index (χ0) is 14.6. The van der Waals surface area contributed by atoms with Crippen molar-refractivity contribution in [1.82, 2.24) is 4.72 Å². The van der Waals surface area contributed by atoms with Crippen LogP contribution in [0.3, 0.4) is 0 Å². The first kappa shape index (κ1) is 15.3.